The van der Waals surface area contributed by atoms with Gasteiger partial charge in [-0.15, -0.1) is 23.1 Å². The van der Waals surface area contributed by atoms with Crippen molar-refractivity contribution in [3.8, 4) is 11.5 Å². The van der Waals surface area contributed by atoms with Gasteiger partial charge in [0.1, 0.15) is 35.1 Å². The molecule has 5 heterocycles. The number of β-lactam (4-membered cyclic amide) rings is 1. The number of nitrogens with zero attached hydrogens (tertiary/aromatic N) is 5. The lowest BCUT2D eigenvalue weighted by atomic mass is 9.94. The van der Waals surface area contributed by atoms with Gasteiger partial charge in [0, 0.05) is 35.6 Å². The number of carbonyl (C=O) groups excluding carboxylic acids is 2. The molecular formula is C32H37N8O10S2+. The molecule has 18 nitrogen and oxygen atoms in total. The Morgan fingerprint density at radius 2 is 1.83 bits per heavy atom. The number of nitrogens with two attached hydrogens (primary N) is 1. The van der Waals surface area contributed by atoms with E-state index in [9.17, 15) is 49.2 Å². The number of benzene rings is 1. The van der Waals surface area contributed by atoms with Gasteiger partial charge in [-0.05, 0) is 19.9 Å². The Balaban J connectivity index is 1.22. The first kappa shape index (κ1) is 36.6. The fourth-order valence-electron chi connectivity index (χ4n) is 6.69. The van der Waals surface area contributed by atoms with Gasteiger partial charge in [0.2, 0.25) is 0 Å². The summed E-state index contributed by atoms with van der Waals surface area (Å²) in [7, 11) is 0. The Hall–Kier alpha value is -5.21. The van der Waals surface area contributed by atoms with Crippen molar-refractivity contribution >= 4 is 68.6 Å². The van der Waals surface area contributed by atoms with Gasteiger partial charge in [-0.3, -0.25) is 33.6 Å². The molecule has 20 heteroatoms. The highest BCUT2D eigenvalue weighted by Crippen LogP contribution is 2.41. The third-order valence-corrected chi connectivity index (χ3v) is 11.7. The van der Waals surface area contributed by atoms with Crippen LogP contribution in [0.2, 0.25) is 0 Å². The lowest BCUT2D eigenvalue weighted by Crippen LogP contribution is -2.71. The van der Waals surface area contributed by atoms with Gasteiger partial charge < -0.3 is 40.9 Å². The molecule has 2 saturated heterocycles. The number of phenolic OH excluding ortho intramolecular Hbond substituents is 2. The standard InChI is InChI=1S/C32H36N8O10S2/c1-32(2,29(48)49)14-34-21(18-13-52-30(33)35-18)24(43)37-22-26(45)39-23(28(46)47)15(12-51-27(22)39)11-40(6-3-4-7-40)8-5-38-25(44)16-9-19(41)20(42)10-17(16)36-31(38)50/h9-10,13,22,27H,3-8,11-12,14H2,1-2H3,(H7-,33,34,35,36,37,41,42,43,44,46,47,48,49,50)/p+1/t22-,27?/m1/s1. The lowest BCUT2D eigenvalue weighted by molar-refractivity contribution is -0.912. The third kappa shape index (κ3) is 6.75. The zero-order valence-corrected chi connectivity index (χ0v) is 29.8. The number of hydrogen-bond acceptors (Lipinski definition) is 13. The molecule has 3 aliphatic rings. The van der Waals surface area contributed by atoms with E-state index in [1.54, 1.807) is 0 Å². The van der Waals surface area contributed by atoms with Crippen molar-refractivity contribution in [2.75, 3.05) is 44.2 Å². The summed E-state index contributed by atoms with van der Waals surface area (Å²) < 4.78 is 1.38. The average molecular weight is 758 g/mol. The first-order valence-corrected chi connectivity index (χ1v) is 18.2. The fourth-order valence-corrected chi connectivity index (χ4v) is 8.57. The minimum absolute atomic E-state index is 0.00782. The number of likely N-dealkylation sites (tertiary alicyclic amines) is 1. The van der Waals surface area contributed by atoms with Gasteiger partial charge in [0.25, 0.3) is 17.4 Å². The molecule has 1 aromatic carbocycles. The molecule has 52 heavy (non-hydrogen) atoms. The molecule has 0 bridgehead atoms. The number of aromatic amines is 1. The molecule has 6 rings (SSSR count). The maximum Gasteiger partial charge on any atom is 0.352 e. The second kappa shape index (κ2) is 13.7. The molecular weight excluding hydrogens is 721 g/mol. The number of rotatable bonds is 12. The summed E-state index contributed by atoms with van der Waals surface area (Å²) in [5.74, 6) is -4.62. The molecule has 0 radical (unpaired) electrons. The summed E-state index contributed by atoms with van der Waals surface area (Å²) in [6.07, 6.45) is 1.66. The SMILES string of the molecule is CC(C)(CN=C(C(=O)N[C@@H]1C(=O)N2C(C(=O)O)=C(C[N+]3(CCn4c(=O)[nH]c5cc(O)c(O)cc5c4=O)CCCC3)CSC12)c1csc(N)n1)C(=O)O. The molecule has 1 unspecified atom stereocenters. The Morgan fingerprint density at radius 1 is 1.13 bits per heavy atom. The number of phenols is 2. The third-order valence-electron chi connectivity index (χ3n) is 9.64. The number of thiazole rings is 1. The van der Waals surface area contributed by atoms with Crippen molar-refractivity contribution in [2.45, 2.75) is 44.6 Å². The lowest BCUT2D eigenvalue weighted by Gasteiger charge is -2.50. The number of hydrogen-bond donors (Lipinski definition) is 7. The van der Waals surface area contributed by atoms with Gasteiger partial charge in [-0.1, -0.05) is 0 Å². The molecule has 0 saturated carbocycles. The van der Waals surface area contributed by atoms with Crippen LogP contribution in [0.15, 0.2) is 43.4 Å². The largest absolute Gasteiger partial charge is 0.504 e. The van der Waals surface area contributed by atoms with Gasteiger partial charge in [0.05, 0.1) is 49.0 Å². The van der Waals surface area contributed by atoms with Crippen molar-refractivity contribution in [1.29, 1.82) is 0 Å². The Labute approximate surface area is 302 Å². The summed E-state index contributed by atoms with van der Waals surface area (Å²) in [6.45, 7) is 4.47. The van der Waals surface area contributed by atoms with E-state index in [1.807, 2.05) is 0 Å². The number of thioether (sulfide) groups is 1. The number of amides is 2. The van der Waals surface area contributed by atoms with Crippen LogP contribution in [0, 0.1) is 5.41 Å². The van der Waals surface area contributed by atoms with E-state index in [1.165, 1.54) is 31.0 Å². The van der Waals surface area contributed by atoms with Gasteiger partial charge in [-0.25, -0.2) is 14.6 Å². The minimum Gasteiger partial charge on any atom is -0.504 e. The molecule has 2 atom stereocenters. The minimum atomic E-state index is -1.31. The number of anilines is 1. The highest BCUT2D eigenvalue weighted by molar-refractivity contribution is 8.00. The van der Waals surface area contributed by atoms with E-state index in [2.05, 4.69) is 20.3 Å². The summed E-state index contributed by atoms with van der Waals surface area (Å²) in [5.41, 5.74) is 3.42. The molecule has 3 aromatic rings. The molecule has 8 N–H and O–H groups in total. The first-order valence-electron chi connectivity index (χ1n) is 16.3. The number of carboxylic acids is 2. The van der Waals surface area contributed by atoms with Crippen LogP contribution in [-0.2, 0) is 25.7 Å². The molecule has 2 aromatic heterocycles. The van der Waals surface area contributed by atoms with Gasteiger partial charge in [-0.2, -0.15) is 0 Å². The van der Waals surface area contributed by atoms with E-state index in [0.29, 0.717) is 29.7 Å². The zero-order chi connectivity index (χ0) is 37.7. The second-order valence-electron chi connectivity index (χ2n) is 13.7. The van der Waals surface area contributed by atoms with E-state index in [-0.39, 0.29) is 58.5 Å². The fraction of sp³-hybridized carbons (Fsp3) is 0.438. The predicted molar refractivity (Wildman–Crippen MR) is 190 cm³/mol. The predicted octanol–water partition coefficient (Wildman–Crippen LogP) is 0.0890. The zero-order valence-electron chi connectivity index (χ0n) is 28.1. The average Bonchev–Trinajstić information content (AvgIpc) is 3.73. The maximum atomic E-state index is 13.6. The molecule has 2 fully saturated rings. The number of aromatic hydroxyl groups is 2. The number of carbonyl (C=O) groups is 4. The summed E-state index contributed by atoms with van der Waals surface area (Å²) >= 11 is 2.34. The van der Waals surface area contributed by atoms with Crippen molar-refractivity contribution in [1.82, 2.24) is 24.8 Å². The Bertz CT molecular complexity index is 2180. The van der Waals surface area contributed by atoms with Crippen LogP contribution >= 0.6 is 23.1 Å². The van der Waals surface area contributed by atoms with Crippen molar-refractivity contribution < 1.29 is 44.1 Å². The summed E-state index contributed by atoms with van der Waals surface area (Å²) in [4.78, 5) is 89.7. The van der Waals surface area contributed by atoms with E-state index in [4.69, 9.17) is 5.73 Å². The number of quaternary nitrogens is 1. The van der Waals surface area contributed by atoms with Crippen LogP contribution in [0.3, 0.4) is 0 Å². The topological polar surface area (TPSA) is 271 Å². The molecule has 0 aliphatic carbocycles. The van der Waals surface area contributed by atoms with Crippen LogP contribution in [0.5, 0.6) is 11.5 Å². The monoisotopic (exact) mass is 757 g/mol. The first-order chi connectivity index (χ1) is 24.5. The van der Waals surface area contributed by atoms with E-state index in [0.717, 1.165) is 45.8 Å². The molecule has 2 amide bonds. The molecule has 276 valence electrons. The van der Waals surface area contributed by atoms with Crippen LogP contribution in [0.1, 0.15) is 32.4 Å². The number of fused-ring (bicyclic) bond motifs is 2. The van der Waals surface area contributed by atoms with E-state index < -0.39 is 63.3 Å². The molecule has 3 aliphatic heterocycles. The number of aromatic nitrogens is 3. The van der Waals surface area contributed by atoms with Gasteiger partial charge in [0.15, 0.2) is 16.6 Å². The second-order valence-corrected chi connectivity index (χ2v) is 15.7. The van der Waals surface area contributed by atoms with Crippen LogP contribution in [0.4, 0.5) is 5.13 Å². The van der Waals surface area contributed by atoms with Gasteiger partial charge >= 0.3 is 17.6 Å². The number of nitrogen functional groups attached to an aromatic ring is 1. The summed E-state index contributed by atoms with van der Waals surface area (Å²) in [6, 6.07) is 1.09. The highest BCUT2D eigenvalue weighted by Gasteiger charge is 2.55. The van der Waals surface area contributed by atoms with Crippen LogP contribution in [0.25, 0.3) is 10.9 Å². The highest BCUT2D eigenvalue weighted by atomic mass is 32.2. The van der Waals surface area contributed by atoms with Crippen molar-refractivity contribution in [3.05, 3.63) is 55.3 Å². The number of nitrogens with one attached hydrogen (secondary N) is 2. The van der Waals surface area contributed by atoms with Crippen LogP contribution in [-0.4, -0.2) is 124 Å². The Morgan fingerprint density at radius 3 is 2.46 bits per heavy atom. The summed E-state index contributed by atoms with van der Waals surface area (Å²) in [5, 5.41) is 43.2. The molecule has 0 spiro atoms. The number of H-pyrrole nitrogens is 1. The van der Waals surface area contributed by atoms with Crippen LogP contribution < -0.4 is 22.3 Å². The number of aliphatic carboxylic acids is 2. The van der Waals surface area contributed by atoms with Crippen molar-refractivity contribution in [2.24, 2.45) is 10.4 Å². The van der Waals surface area contributed by atoms with E-state index >= 15 is 0 Å². The van der Waals surface area contributed by atoms with Crippen molar-refractivity contribution in [3.63, 3.8) is 0 Å². The quantitative estimate of drug-likeness (QED) is 0.0560. The Kier molecular flexibility index (Phi) is 9.66. The normalized spacial score (nSPS) is 20.2. The number of aliphatic imine (C=N–C) groups is 1. The number of carboxylic acid groups (broad SMARTS) is 2. The maximum absolute atomic E-state index is 13.6. The smallest absolute Gasteiger partial charge is 0.352 e.